The molecule has 3 rings (SSSR count). The van der Waals surface area contributed by atoms with Gasteiger partial charge in [0, 0.05) is 12.6 Å². The first-order chi connectivity index (χ1) is 9.49. The first kappa shape index (κ1) is 13.5. The van der Waals surface area contributed by atoms with E-state index in [9.17, 15) is 8.42 Å². The Morgan fingerprint density at radius 3 is 2.80 bits per heavy atom. The third kappa shape index (κ3) is 3.16. The molecular formula is C13H17NO5S. The van der Waals surface area contributed by atoms with Crippen LogP contribution in [0.2, 0.25) is 0 Å². The zero-order chi connectivity index (χ0) is 14.2. The quantitative estimate of drug-likeness (QED) is 0.769. The van der Waals surface area contributed by atoms with Gasteiger partial charge >= 0.3 is 10.1 Å². The van der Waals surface area contributed by atoms with Gasteiger partial charge in [0.1, 0.15) is 18.5 Å². The Labute approximate surface area is 118 Å². The zero-order valence-corrected chi connectivity index (χ0v) is 12.1. The van der Waals surface area contributed by atoms with E-state index in [0.717, 1.165) is 25.9 Å². The highest BCUT2D eigenvalue weighted by atomic mass is 32.2. The van der Waals surface area contributed by atoms with E-state index >= 15 is 0 Å². The molecule has 6 nitrogen and oxygen atoms in total. The lowest BCUT2D eigenvalue weighted by molar-refractivity contribution is 0.0402. The molecule has 0 bridgehead atoms. The lowest BCUT2D eigenvalue weighted by atomic mass is 10.2. The highest BCUT2D eigenvalue weighted by Gasteiger charge is 2.26. The minimum absolute atomic E-state index is 0.0312. The van der Waals surface area contributed by atoms with E-state index in [2.05, 4.69) is 4.90 Å². The van der Waals surface area contributed by atoms with Crippen molar-refractivity contribution >= 4 is 10.1 Å². The van der Waals surface area contributed by atoms with Gasteiger partial charge in [0.25, 0.3) is 0 Å². The molecule has 1 fully saturated rings. The Hall–Kier alpha value is -1.47. The van der Waals surface area contributed by atoms with Gasteiger partial charge in [-0.1, -0.05) is 0 Å². The number of rotatable bonds is 4. The standard InChI is InChI=1S/C13H17NO5S/c1-20(15,16)19-10-3-4-12-13(7-10)18-11(9-17-12)8-14-5-2-6-14/h3-4,7,11H,2,5-6,8-9H2,1H3. The molecule has 0 spiro atoms. The highest BCUT2D eigenvalue weighted by Crippen LogP contribution is 2.35. The van der Waals surface area contributed by atoms with E-state index < -0.39 is 10.1 Å². The Morgan fingerprint density at radius 1 is 1.35 bits per heavy atom. The summed E-state index contributed by atoms with van der Waals surface area (Å²) < 4.78 is 38.6. The van der Waals surface area contributed by atoms with Crippen LogP contribution in [0.1, 0.15) is 6.42 Å². The second kappa shape index (κ2) is 5.14. The van der Waals surface area contributed by atoms with Gasteiger partial charge in [-0.15, -0.1) is 0 Å². The van der Waals surface area contributed by atoms with Gasteiger partial charge < -0.3 is 13.7 Å². The molecule has 2 aliphatic heterocycles. The average molecular weight is 299 g/mol. The number of hydrogen-bond acceptors (Lipinski definition) is 6. The van der Waals surface area contributed by atoms with Gasteiger partial charge in [-0.25, -0.2) is 0 Å². The zero-order valence-electron chi connectivity index (χ0n) is 11.2. The normalized spacial score (nSPS) is 22.1. The van der Waals surface area contributed by atoms with Crippen LogP contribution in [0, 0.1) is 0 Å². The van der Waals surface area contributed by atoms with E-state index in [1.54, 1.807) is 18.2 Å². The van der Waals surface area contributed by atoms with Crippen LogP contribution in [-0.2, 0) is 10.1 Å². The lowest BCUT2D eigenvalue weighted by Crippen LogP contribution is -2.46. The maximum atomic E-state index is 11.1. The predicted octanol–water partition coefficient (Wildman–Crippen LogP) is 0.871. The Balaban J connectivity index is 1.71. The van der Waals surface area contributed by atoms with Crippen molar-refractivity contribution < 1.29 is 22.1 Å². The molecule has 1 aromatic rings. The summed E-state index contributed by atoms with van der Waals surface area (Å²) in [6.45, 7) is 3.54. The molecule has 1 aromatic carbocycles. The van der Waals surface area contributed by atoms with Gasteiger partial charge in [-0.3, -0.25) is 4.90 Å². The molecule has 1 atom stereocenters. The fourth-order valence-corrected chi connectivity index (χ4v) is 2.72. The summed E-state index contributed by atoms with van der Waals surface area (Å²) in [4.78, 5) is 2.30. The summed E-state index contributed by atoms with van der Waals surface area (Å²) in [6.07, 6.45) is 2.21. The molecule has 7 heteroatoms. The van der Waals surface area contributed by atoms with Crippen molar-refractivity contribution in [3.63, 3.8) is 0 Å². The highest BCUT2D eigenvalue weighted by molar-refractivity contribution is 7.86. The first-order valence-corrected chi connectivity index (χ1v) is 8.36. The number of likely N-dealkylation sites (tertiary alicyclic amines) is 1. The van der Waals surface area contributed by atoms with Crippen molar-refractivity contribution in [1.82, 2.24) is 4.90 Å². The number of hydrogen-bond donors (Lipinski definition) is 0. The van der Waals surface area contributed by atoms with Gasteiger partial charge in [0.05, 0.1) is 6.26 Å². The Kier molecular flexibility index (Phi) is 3.47. The molecule has 1 unspecified atom stereocenters. The molecule has 0 aliphatic carbocycles. The molecule has 0 saturated carbocycles. The second-order valence-corrected chi connectivity index (χ2v) is 6.68. The summed E-state index contributed by atoms with van der Waals surface area (Å²) in [7, 11) is -3.54. The molecule has 0 aromatic heterocycles. The van der Waals surface area contributed by atoms with Crippen LogP contribution in [0.5, 0.6) is 17.2 Å². The van der Waals surface area contributed by atoms with E-state index in [0.29, 0.717) is 18.1 Å². The topological polar surface area (TPSA) is 65.1 Å². The van der Waals surface area contributed by atoms with E-state index in [4.69, 9.17) is 13.7 Å². The molecule has 1 saturated heterocycles. The summed E-state index contributed by atoms with van der Waals surface area (Å²) in [5.74, 6) is 1.38. The van der Waals surface area contributed by atoms with Crippen molar-refractivity contribution in [1.29, 1.82) is 0 Å². The van der Waals surface area contributed by atoms with Crippen LogP contribution in [0.3, 0.4) is 0 Å². The number of ether oxygens (including phenoxy) is 2. The van der Waals surface area contributed by atoms with Crippen LogP contribution >= 0.6 is 0 Å². The van der Waals surface area contributed by atoms with Crippen molar-refractivity contribution in [3.8, 4) is 17.2 Å². The minimum Gasteiger partial charge on any atom is -0.486 e. The molecule has 20 heavy (non-hydrogen) atoms. The van der Waals surface area contributed by atoms with Crippen molar-refractivity contribution in [2.75, 3.05) is 32.5 Å². The Morgan fingerprint density at radius 2 is 2.15 bits per heavy atom. The summed E-state index contributed by atoms with van der Waals surface area (Å²) in [6, 6.07) is 4.77. The Bertz CT molecular complexity index is 597. The van der Waals surface area contributed by atoms with Crippen LogP contribution in [0.25, 0.3) is 0 Å². The lowest BCUT2D eigenvalue weighted by Gasteiger charge is -2.35. The monoisotopic (exact) mass is 299 g/mol. The average Bonchev–Trinajstić information content (AvgIpc) is 2.31. The predicted molar refractivity (Wildman–Crippen MR) is 72.9 cm³/mol. The molecule has 0 radical (unpaired) electrons. The van der Waals surface area contributed by atoms with E-state index in [1.807, 2.05) is 0 Å². The van der Waals surface area contributed by atoms with E-state index in [1.165, 1.54) is 6.42 Å². The van der Waals surface area contributed by atoms with E-state index in [-0.39, 0.29) is 11.9 Å². The largest absolute Gasteiger partial charge is 0.486 e. The SMILES string of the molecule is CS(=O)(=O)Oc1ccc2c(c1)OC(CN1CCC1)CO2. The van der Waals surface area contributed by atoms with Gasteiger partial charge in [-0.2, -0.15) is 8.42 Å². The van der Waals surface area contributed by atoms with Gasteiger partial charge in [0.15, 0.2) is 11.5 Å². The van der Waals surface area contributed by atoms with Crippen molar-refractivity contribution in [2.24, 2.45) is 0 Å². The number of nitrogens with zero attached hydrogens (tertiary/aromatic N) is 1. The van der Waals surface area contributed by atoms with Gasteiger partial charge in [-0.05, 0) is 31.6 Å². The molecule has 110 valence electrons. The molecule has 0 N–H and O–H groups in total. The maximum Gasteiger partial charge on any atom is 0.306 e. The number of fused-ring (bicyclic) bond motifs is 1. The first-order valence-electron chi connectivity index (χ1n) is 6.55. The fraction of sp³-hybridized carbons (Fsp3) is 0.538. The summed E-state index contributed by atoms with van der Waals surface area (Å²) in [5, 5.41) is 0. The van der Waals surface area contributed by atoms with Crippen LogP contribution in [0.4, 0.5) is 0 Å². The molecule has 2 aliphatic rings. The summed E-state index contributed by atoms with van der Waals surface area (Å²) in [5.41, 5.74) is 0. The summed E-state index contributed by atoms with van der Waals surface area (Å²) >= 11 is 0. The van der Waals surface area contributed by atoms with Crippen molar-refractivity contribution in [3.05, 3.63) is 18.2 Å². The molecule has 2 heterocycles. The van der Waals surface area contributed by atoms with Crippen LogP contribution in [-0.4, -0.2) is 51.9 Å². The smallest absolute Gasteiger partial charge is 0.306 e. The third-order valence-electron chi connectivity index (χ3n) is 3.29. The fourth-order valence-electron chi connectivity index (χ4n) is 2.26. The molecular weight excluding hydrogens is 282 g/mol. The van der Waals surface area contributed by atoms with Crippen LogP contribution < -0.4 is 13.7 Å². The van der Waals surface area contributed by atoms with Gasteiger partial charge in [0.2, 0.25) is 0 Å². The maximum absolute atomic E-state index is 11.1. The molecule has 0 amide bonds. The van der Waals surface area contributed by atoms with Crippen molar-refractivity contribution in [2.45, 2.75) is 12.5 Å². The minimum atomic E-state index is -3.54. The number of benzene rings is 1. The second-order valence-electron chi connectivity index (χ2n) is 5.10. The third-order valence-corrected chi connectivity index (χ3v) is 3.79. The van der Waals surface area contributed by atoms with Crippen LogP contribution in [0.15, 0.2) is 18.2 Å².